The third-order valence-electron chi connectivity index (χ3n) is 3.11. The van der Waals surface area contributed by atoms with Crippen LogP contribution in [-0.2, 0) is 0 Å². The van der Waals surface area contributed by atoms with Gasteiger partial charge >= 0.3 is 0 Å². The predicted octanol–water partition coefficient (Wildman–Crippen LogP) is 2.65. The van der Waals surface area contributed by atoms with Crippen molar-refractivity contribution in [2.45, 2.75) is 12.1 Å². The number of non-ortho nitro benzene ring substituents is 1. The molecule has 2 unspecified atom stereocenters. The van der Waals surface area contributed by atoms with Crippen LogP contribution >= 0.6 is 0 Å². The predicted molar refractivity (Wildman–Crippen MR) is 74.2 cm³/mol. The molecule has 0 aromatic heterocycles. The number of nitro groups is 2. The van der Waals surface area contributed by atoms with E-state index in [-0.39, 0.29) is 11.3 Å². The van der Waals surface area contributed by atoms with Gasteiger partial charge in [-0.2, -0.15) is 0 Å². The van der Waals surface area contributed by atoms with Crippen LogP contribution in [0.15, 0.2) is 54.6 Å². The van der Waals surface area contributed by atoms with E-state index in [1.54, 1.807) is 30.3 Å². The molecule has 108 valence electrons. The molecular weight excluding hydrogens is 276 g/mol. The van der Waals surface area contributed by atoms with Gasteiger partial charge in [-0.25, -0.2) is 0 Å². The number of hydrogen-bond donors (Lipinski definition) is 1. The number of hydrogen-bond acceptors (Lipinski definition) is 5. The molecule has 0 heterocycles. The zero-order valence-electron chi connectivity index (χ0n) is 10.8. The molecule has 0 saturated heterocycles. The molecule has 1 N–H and O–H groups in total. The molecule has 0 aliphatic rings. The van der Waals surface area contributed by atoms with Gasteiger partial charge in [-0.3, -0.25) is 20.2 Å². The maximum atomic E-state index is 11.2. The van der Waals surface area contributed by atoms with E-state index < -0.39 is 22.0 Å². The largest absolute Gasteiger partial charge is 0.381 e. The Labute approximate surface area is 119 Å². The summed E-state index contributed by atoms with van der Waals surface area (Å²) in [6, 6.07) is 11.9. The van der Waals surface area contributed by atoms with Gasteiger partial charge in [0.25, 0.3) is 11.7 Å². The molecule has 0 radical (unpaired) electrons. The van der Waals surface area contributed by atoms with Crippen molar-refractivity contribution in [3.63, 3.8) is 0 Å². The van der Waals surface area contributed by atoms with E-state index in [1.165, 1.54) is 24.3 Å². The van der Waals surface area contributed by atoms with Crippen LogP contribution in [0, 0.1) is 20.2 Å². The molecule has 0 aliphatic carbocycles. The van der Waals surface area contributed by atoms with Crippen molar-refractivity contribution in [2.75, 3.05) is 0 Å². The summed E-state index contributed by atoms with van der Waals surface area (Å²) in [5, 5.41) is 32.0. The van der Waals surface area contributed by atoms with Crippen molar-refractivity contribution in [3.05, 3.63) is 86.0 Å². The van der Waals surface area contributed by atoms with Crippen molar-refractivity contribution in [1.29, 1.82) is 0 Å². The smallest absolute Gasteiger partial charge is 0.269 e. The van der Waals surface area contributed by atoms with E-state index >= 15 is 0 Å². The first-order valence-electron chi connectivity index (χ1n) is 6.11. The first kappa shape index (κ1) is 14.6. The van der Waals surface area contributed by atoms with E-state index in [0.29, 0.717) is 5.56 Å². The minimum Gasteiger partial charge on any atom is -0.381 e. The van der Waals surface area contributed by atoms with Crippen LogP contribution in [0.1, 0.15) is 23.3 Å². The number of benzene rings is 2. The summed E-state index contributed by atoms with van der Waals surface area (Å²) in [5.41, 5.74) is 0.489. The fourth-order valence-electron chi connectivity index (χ4n) is 2.05. The van der Waals surface area contributed by atoms with Crippen molar-refractivity contribution in [1.82, 2.24) is 0 Å². The van der Waals surface area contributed by atoms with E-state index in [1.807, 2.05) is 0 Å². The molecule has 0 fully saturated rings. The van der Waals surface area contributed by atoms with Crippen molar-refractivity contribution in [3.8, 4) is 0 Å². The van der Waals surface area contributed by atoms with Crippen LogP contribution in [0.4, 0.5) is 5.69 Å². The third-order valence-corrected chi connectivity index (χ3v) is 3.11. The highest BCUT2D eigenvalue weighted by molar-refractivity contribution is 5.35. The molecule has 0 bridgehead atoms. The Morgan fingerprint density at radius 2 is 1.43 bits per heavy atom. The van der Waals surface area contributed by atoms with Gasteiger partial charge < -0.3 is 5.11 Å². The molecule has 2 rings (SSSR count). The van der Waals surface area contributed by atoms with Gasteiger partial charge in [0.2, 0.25) is 0 Å². The van der Waals surface area contributed by atoms with Crippen molar-refractivity contribution >= 4 is 5.69 Å². The number of nitrogens with zero attached hydrogens (tertiary/aromatic N) is 2. The lowest BCUT2D eigenvalue weighted by molar-refractivity contribution is -0.542. The molecular formula is C14H12N2O5. The first-order valence-corrected chi connectivity index (χ1v) is 6.11. The highest BCUT2D eigenvalue weighted by Crippen LogP contribution is 2.32. The molecule has 2 atom stereocenters. The van der Waals surface area contributed by atoms with E-state index in [2.05, 4.69) is 0 Å². The van der Waals surface area contributed by atoms with Gasteiger partial charge in [-0.05, 0) is 17.7 Å². The normalized spacial score (nSPS) is 13.4. The van der Waals surface area contributed by atoms with Crippen LogP contribution < -0.4 is 0 Å². The number of rotatable bonds is 5. The zero-order chi connectivity index (χ0) is 15.4. The Hall–Kier alpha value is -2.80. The summed E-state index contributed by atoms with van der Waals surface area (Å²) in [6.45, 7) is 0. The molecule has 0 amide bonds. The van der Waals surface area contributed by atoms with Gasteiger partial charge in [0.15, 0.2) is 6.10 Å². The molecule has 7 nitrogen and oxygen atoms in total. The molecule has 2 aromatic rings. The first-order chi connectivity index (χ1) is 10.0. The summed E-state index contributed by atoms with van der Waals surface area (Å²) in [4.78, 5) is 20.7. The average Bonchev–Trinajstić information content (AvgIpc) is 2.48. The topological polar surface area (TPSA) is 107 Å². The fourth-order valence-corrected chi connectivity index (χ4v) is 2.05. The number of aliphatic hydroxyl groups excluding tert-OH is 1. The second-order valence-electron chi connectivity index (χ2n) is 4.43. The lowest BCUT2D eigenvalue weighted by Crippen LogP contribution is -2.19. The van der Waals surface area contributed by atoms with E-state index in [4.69, 9.17) is 0 Å². The highest BCUT2D eigenvalue weighted by atomic mass is 16.6. The van der Waals surface area contributed by atoms with Crippen LogP contribution in [0.3, 0.4) is 0 Å². The lowest BCUT2D eigenvalue weighted by atomic mass is 9.96. The molecule has 2 aromatic carbocycles. The maximum Gasteiger partial charge on any atom is 0.269 e. The lowest BCUT2D eigenvalue weighted by Gasteiger charge is -2.16. The maximum absolute atomic E-state index is 11.2. The van der Waals surface area contributed by atoms with Crippen molar-refractivity contribution < 1.29 is 15.0 Å². The summed E-state index contributed by atoms with van der Waals surface area (Å²) in [7, 11) is 0. The van der Waals surface area contributed by atoms with Crippen LogP contribution in [0.25, 0.3) is 0 Å². The molecule has 0 saturated carbocycles. The van der Waals surface area contributed by atoms with Crippen LogP contribution in [0.2, 0.25) is 0 Å². The van der Waals surface area contributed by atoms with E-state index in [9.17, 15) is 25.3 Å². The van der Waals surface area contributed by atoms with Gasteiger partial charge in [0, 0.05) is 22.6 Å². The van der Waals surface area contributed by atoms with Crippen molar-refractivity contribution in [2.24, 2.45) is 0 Å². The van der Waals surface area contributed by atoms with Gasteiger partial charge in [0.05, 0.1) is 4.92 Å². The number of nitro benzene ring substituents is 1. The second-order valence-corrected chi connectivity index (χ2v) is 4.43. The number of aliphatic hydroxyl groups is 1. The Morgan fingerprint density at radius 1 is 0.857 bits per heavy atom. The zero-order valence-corrected chi connectivity index (χ0v) is 10.8. The molecule has 0 aliphatic heterocycles. The Balaban J connectivity index is 2.33. The Bertz CT molecular complexity index is 642. The summed E-state index contributed by atoms with van der Waals surface area (Å²) >= 11 is 0. The SMILES string of the molecule is O=[N+]([O-])c1ccc(C(O)C(c2ccccc2)[N+](=O)[O-])cc1. The molecule has 0 spiro atoms. The highest BCUT2D eigenvalue weighted by Gasteiger charge is 2.33. The van der Waals surface area contributed by atoms with Gasteiger partial charge in [-0.15, -0.1) is 0 Å². The summed E-state index contributed by atoms with van der Waals surface area (Å²) < 4.78 is 0. The van der Waals surface area contributed by atoms with Gasteiger partial charge in [-0.1, -0.05) is 30.3 Å². The minimum absolute atomic E-state index is 0.136. The summed E-state index contributed by atoms with van der Waals surface area (Å²) in [5.74, 6) is 0. The second kappa shape index (κ2) is 6.10. The standard InChI is InChI=1S/C14H12N2O5/c17-14(11-6-8-12(9-7-11)15(18)19)13(16(20)21)10-4-2-1-3-5-10/h1-9,13-14,17H. The Morgan fingerprint density at radius 3 is 1.90 bits per heavy atom. The average molecular weight is 288 g/mol. The minimum atomic E-state index is -1.39. The van der Waals surface area contributed by atoms with Crippen LogP contribution in [-0.4, -0.2) is 15.0 Å². The van der Waals surface area contributed by atoms with E-state index in [0.717, 1.165) is 0 Å². The third kappa shape index (κ3) is 3.21. The van der Waals surface area contributed by atoms with Crippen LogP contribution in [0.5, 0.6) is 0 Å². The quantitative estimate of drug-likeness (QED) is 0.672. The Kier molecular flexibility index (Phi) is 4.24. The monoisotopic (exact) mass is 288 g/mol. The fraction of sp³-hybridized carbons (Fsp3) is 0.143. The molecule has 21 heavy (non-hydrogen) atoms. The molecule has 7 heteroatoms. The summed E-state index contributed by atoms with van der Waals surface area (Å²) in [6.07, 6.45) is -1.39. The van der Waals surface area contributed by atoms with Gasteiger partial charge in [0.1, 0.15) is 0 Å².